The Balaban J connectivity index is 1.55. The highest BCUT2D eigenvalue weighted by Crippen LogP contribution is 2.66. The number of hydrogen-bond acceptors (Lipinski definition) is 2. The Morgan fingerprint density at radius 2 is 1.85 bits per heavy atom. The summed E-state index contributed by atoms with van der Waals surface area (Å²) in [6.07, 6.45) is 2.84. The first kappa shape index (κ1) is 19.8. The first-order valence-corrected chi connectivity index (χ1v) is 10.7. The van der Waals surface area contributed by atoms with Crippen LogP contribution in [0.2, 0.25) is 0 Å². The lowest BCUT2D eigenvalue weighted by Gasteiger charge is -2.58. The van der Waals surface area contributed by atoms with Crippen LogP contribution in [-0.4, -0.2) is 28.6 Å². The van der Waals surface area contributed by atoms with E-state index in [2.05, 4.69) is 19.9 Å². The van der Waals surface area contributed by atoms with Crippen LogP contribution in [0.15, 0.2) is 11.6 Å². The first-order chi connectivity index (χ1) is 12.6. The normalized spacial score (nSPS) is 48.3. The van der Waals surface area contributed by atoms with Crippen molar-refractivity contribution < 1.29 is 23.4 Å². The van der Waals surface area contributed by atoms with E-state index in [4.69, 9.17) is 0 Å². The van der Waals surface area contributed by atoms with Crippen LogP contribution in [0.25, 0.3) is 0 Å². The molecule has 27 heavy (non-hydrogen) atoms. The highest BCUT2D eigenvalue weighted by molar-refractivity contribution is 5.25. The van der Waals surface area contributed by atoms with Crippen LogP contribution in [0.5, 0.6) is 0 Å². The summed E-state index contributed by atoms with van der Waals surface area (Å²) in [4.78, 5) is 0. The summed E-state index contributed by atoms with van der Waals surface area (Å²) >= 11 is 0. The Labute approximate surface area is 160 Å². The molecule has 0 aromatic rings. The Bertz CT molecular complexity index is 615. The minimum Gasteiger partial charge on any atom is -0.393 e. The Morgan fingerprint density at radius 3 is 2.56 bits per heavy atom. The zero-order valence-corrected chi connectivity index (χ0v) is 16.4. The van der Waals surface area contributed by atoms with E-state index in [9.17, 15) is 23.4 Å². The van der Waals surface area contributed by atoms with Gasteiger partial charge in [0.1, 0.15) is 6.10 Å². The molecule has 154 valence electrons. The summed E-state index contributed by atoms with van der Waals surface area (Å²) in [7, 11) is 0. The molecule has 3 fully saturated rings. The molecule has 0 aromatic heterocycles. The third-order valence-corrected chi connectivity index (χ3v) is 9.16. The SMILES string of the molecule is CC12CC[C@H](O)CC1=CC[C@@H]1C2CCC2(C)C1CC[C@@H]2CC(O)C(F)(F)F. The molecule has 4 aliphatic carbocycles. The molecular weight excluding hydrogens is 353 g/mol. The number of aliphatic hydroxyl groups is 2. The van der Waals surface area contributed by atoms with Gasteiger partial charge in [0, 0.05) is 0 Å². The van der Waals surface area contributed by atoms with Gasteiger partial charge < -0.3 is 10.2 Å². The van der Waals surface area contributed by atoms with Gasteiger partial charge >= 0.3 is 6.18 Å². The van der Waals surface area contributed by atoms with Crippen molar-refractivity contribution in [3.63, 3.8) is 0 Å². The van der Waals surface area contributed by atoms with Gasteiger partial charge in [-0.05, 0) is 92.3 Å². The maximum atomic E-state index is 12.9. The molecule has 5 unspecified atom stereocenters. The van der Waals surface area contributed by atoms with E-state index in [1.165, 1.54) is 5.57 Å². The van der Waals surface area contributed by atoms with Crippen molar-refractivity contribution in [2.45, 2.75) is 90.0 Å². The van der Waals surface area contributed by atoms with Crippen LogP contribution >= 0.6 is 0 Å². The molecule has 0 spiro atoms. The van der Waals surface area contributed by atoms with E-state index in [-0.39, 0.29) is 29.3 Å². The van der Waals surface area contributed by atoms with E-state index >= 15 is 0 Å². The summed E-state index contributed by atoms with van der Waals surface area (Å²) in [5.74, 6) is 1.56. The predicted octanol–water partition coefficient (Wildman–Crippen LogP) is 5.24. The number of allylic oxidation sites excluding steroid dienone is 1. The lowest BCUT2D eigenvalue weighted by Crippen LogP contribution is -2.50. The van der Waals surface area contributed by atoms with Crippen molar-refractivity contribution in [3.8, 4) is 0 Å². The number of fused-ring (bicyclic) bond motifs is 5. The topological polar surface area (TPSA) is 40.5 Å². The average Bonchev–Trinajstić information content (AvgIpc) is 2.91. The van der Waals surface area contributed by atoms with Gasteiger partial charge in [0.15, 0.2) is 0 Å². The molecule has 4 aliphatic rings. The van der Waals surface area contributed by atoms with E-state index in [0.29, 0.717) is 17.8 Å². The summed E-state index contributed by atoms with van der Waals surface area (Å²) in [6.45, 7) is 4.56. The van der Waals surface area contributed by atoms with Gasteiger partial charge in [-0.3, -0.25) is 0 Å². The zero-order valence-electron chi connectivity index (χ0n) is 16.4. The van der Waals surface area contributed by atoms with Crippen molar-refractivity contribution >= 4 is 0 Å². The second kappa shape index (κ2) is 6.48. The molecule has 8 atom stereocenters. The molecular formula is C22H33F3O2. The second-order valence-corrected chi connectivity index (χ2v) is 10.3. The summed E-state index contributed by atoms with van der Waals surface area (Å²) in [6, 6.07) is 0. The fraction of sp³-hybridized carbons (Fsp3) is 0.909. The molecule has 0 radical (unpaired) electrons. The van der Waals surface area contributed by atoms with E-state index in [1.807, 2.05) is 0 Å². The third kappa shape index (κ3) is 3.08. The quantitative estimate of drug-likeness (QED) is 0.637. The van der Waals surface area contributed by atoms with Gasteiger partial charge in [-0.15, -0.1) is 0 Å². The second-order valence-electron chi connectivity index (χ2n) is 10.3. The fourth-order valence-corrected chi connectivity index (χ4v) is 7.54. The molecule has 0 aromatic carbocycles. The third-order valence-electron chi connectivity index (χ3n) is 9.16. The van der Waals surface area contributed by atoms with Crippen LogP contribution in [0.3, 0.4) is 0 Å². The van der Waals surface area contributed by atoms with Crippen LogP contribution < -0.4 is 0 Å². The van der Waals surface area contributed by atoms with Crippen molar-refractivity contribution in [2.75, 3.05) is 0 Å². The number of rotatable bonds is 2. The first-order valence-electron chi connectivity index (χ1n) is 10.7. The van der Waals surface area contributed by atoms with E-state index in [1.54, 1.807) is 0 Å². The lowest BCUT2D eigenvalue weighted by atomic mass is 9.47. The standard InChI is InChI=1S/C22H33F3O2/c1-20-9-7-15(26)11-13(20)3-5-16-17-6-4-14(12-19(27)22(23,24)25)21(17,2)10-8-18(16)20/h3,14-19,26-27H,4-12H2,1-2H3/t14-,15+,16+,17?,18?,19?,20?,21?/m1/s1. The van der Waals surface area contributed by atoms with Gasteiger partial charge in [-0.1, -0.05) is 25.5 Å². The van der Waals surface area contributed by atoms with Gasteiger partial charge in [-0.2, -0.15) is 13.2 Å². The van der Waals surface area contributed by atoms with Gasteiger partial charge in [0.25, 0.3) is 0 Å². The fourth-order valence-electron chi connectivity index (χ4n) is 7.54. The molecule has 2 nitrogen and oxygen atoms in total. The van der Waals surface area contributed by atoms with Crippen LogP contribution in [0, 0.1) is 34.5 Å². The lowest BCUT2D eigenvalue weighted by molar-refractivity contribution is -0.211. The number of aliphatic hydroxyl groups excluding tert-OH is 2. The Kier molecular flexibility index (Phi) is 4.74. The predicted molar refractivity (Wildman–Crippen MR) is 97.9 cm³/mol. The van der Waals surface area contributed by atoms with E-state index < -0.39 is 12.3 Å². The molecule has 0 aliphatic heterocycles. The number of hydrogen-bond donors (Lipinski definition) is 2. The Morgan fingerprint density at radius 1 is 1.11 bits per heavy atom. The minimum absolute atomic E-state index is 0.0357. The molecule has 4 rings (SSSR count). The maximum Gasteiger partial charge on any atom is 0.414 e. The number of halogens is 3. The van der Waals surface area contributed by atoms with Crippen molar-refractivity contribution in [1.82, 2.24) is 0 Å². The van der Waals surface area contributed by atoms with Crippen LogP contribution in [-0.2, 0) is 0 Å². The maximum absolute atomic E-state index is 12.9. The van der Waals surface area contributed by atoms with Crippen LogP contribution in [0.4, 0.5) is 13.2 Å². The molecule has 3 saturated carbocycles. The van der Waals surface area contributed by atoms with E-state index in [0.717, 1.165) is 51.4 Å². The molecule has 0 heterocycles. The molecule has 2 N–H and O–H groups in total. The Hall–Kier alpha value is -0.550. The monoisotopic (exact) mass is 386 g/mol. The molecule has 0 saturated heterocycles. The zero-order chi connectivity index (χ0) is 19.6. The molecule has 0 amide bonds. The van der Waals surface area contributed by atoms with Gasteiger partial charge in [-0.25, -0.2) is 0 Å². The van der Waals surface area contributed by atoms with Gasteiger partial charge in [0.2, 0.25) is 0 Å². The average molecular weight is 386 g/mol. The summed E-state index contributed by atoms with van der Waals surface area (Å²) in [5.41, 5.74) is 1.50. The molecule has 0 bridgehead atoms. The smallest absolute Gasteiger partial charge is 0.393 e. The summed E-state index contributed by atoms with van der Waals surface area (Å²) < 4.78 is 38.7. The van der Waals surface area contributed by atoms with Gasteiger partial charge in [0.05, 0.1) is 6.10 Å². The van der Waals surface area contributed by atoms with Crippen LogP contribution in [0.1, 0.15) is 71.6 Å². The highest BCUT2D eigenvalue weighted by Gasteiger charge is 2.59. The largest absolute Gasteiger partial charge is 0.414 e. The number of alkyl halides is 3. The minimum atomic E-state index is -4.51. The molecule has 5 heteroatoms. The van der Waals surface area contributed by atoms with Crippen molar-refractivity contribution in [2.24, 2.45) is 34.5 Å². The summed E-state index contributed by atoms with van der Waals surface area (Å²) in [5, 5.41) is 19.7. The highest BCUT2D eigenvalue weighted by atomic mass is 19.4. The van der Waals surface area contributed by atoms with Crippen molar-refractivity contribution in [3.05, 3.63) is 11.6 Å². The van der Waals surface area contributed by atoms with Crippen molar-refractivity contribution in [1.29, 1.82) is 0 Å².